The summed E-state index contributed by atoms with van der Waals surface area (Å²) in [6, 6.07) is 0.191. The van der Waals surface area contributed by atoms with Crippen LogP contribution in [-0.2, 0) is 4.74 Å². The van der Waals surface area contributed by atoms with Gasteiger partial charge in [-0.1, -0.05) is 32.1 Å². The molecule has 1 fully saturated rings. The van der Waals surface area contributed by atoms with E-state index < -0.39 is 5.60 Å². The molecular weight excluding hydrogens is 350 g/mol. The second-order valence-electron chi connectivity index (χ2n) is 10.2. The lowest BCUT2D eigenvalue weighted by Crippen LogP contribution is -2.50. The Morgan fingerprint density at radius 1 is 1.25 bits per heavy atom. The van der Waals surface area contributed by atoms with Crippen LogP contribution in [0, 0.1) is 11.3 Å². The molecule has 2 heterocycles. The Labute approximate surface area is 170 Å². The normalized spacial score (nSPS) is 26.0. The van der Waals surface area contributed by atoms with Crippen molar-refractivity contribution >= 4 is 6.09 Å². The minimum Gasteiger partial charge on any atom is -0.444 e. The van der Waals surface area contributed by atoms with Crippen molar-refractivity contribution in [2.75, 3.05) is 13.1 Å². The number of nitrogens with zero attached hydrogens (tertiary/aromatic N) is 2. The Balaban J connectivity index is 1.59. The van der Waals surface area contributed by atoms with E-state index in [4.69, 9.17) is 10.6 Å². The summed E-state index contributed by atoms with van der Waals surface area (Å²) in [6.45, 7) is 11.8. The summed E-state index contributed by atoms with van der Waals surface area (Å²) >= 11 is 0. The van der Waals surface area contributed by atoms with E-state index in [9.17, 15) is 4.79 Å². The fraction of sp³-hybridized carbons (Fsp3) is 0.696. The van der Waals surface area contributed by atoms with Crippen molar-refractivity contribution < 1.29 is 9.53 Å². The van der Waals surface area contributed by atoms with E-state index in [-0.39, 0.29) is 12.1 Å². The minimum absolute atomic E-state index is 0.191. The van der Waals surface area contributed by atoms with Gasteiger partial charge in [-0.15, -0.1) is 0 Å². The number of amides is 1. The molecule has 3 aliphatic rings. The number of hydrogen-bond acceptors (Lipinski definition) is 4. The first kappa shape index (κ1) is 21.0. The Kier molecular flexibility index (Phi) is 5.95. The molecule has 1 amide bonds. The van der Waals surface area contributed by atoms with E-state index in [2.05, 4.69) is 38.2 Å². The molecule has 2 aliphatic heterocycles. The molecule has 5 heteroatoms. The summed E-state index contributed by atoms with van der Waals surface area (Å²) in [6.07, 6.45) is 14.0. The van der Waals surface area contributed by atoms with Gasteiger partial charge >= 0.3 is 6.09 Å². The maximum absolute atomic E-state index is 12.3. The van der Waals surface area contributed by atoms with Gasteiger partial charge in [-0.05, 0) is 75.9 Å². The van der Waals surface area contributed by atoms with E-state index >= 15 is 0 Å². The van der Waals surface area contributed by atoms with Crippen LogP contribution in [0.5, 0.6) is 0 Å². The highest BCUT2D eigenvalue weighted by molar-refractivity contribution is 5.68. The van der Waals surface area contributed by atoms with Gasteiger partial charge in [-0.2, -0.15) is 0 Å². The van der Waals surface area contributed by atoms with Crippen LogP contribution >= 0.6 is 0 Å². The Hall–Kier alpha value is -1.75. The van der Waals surface area contributed by atoms with Gasteiger partial charge in [-0.3, -0.25) is 0 Å². The average Bonchev–Trinajstić information content (AvgIpc) is 2.61. The van der Waals surface area contributed by atoms with E-state index in [1.54, 1.807) is 0 Å². The third-order valence-electron chi connectivity index (χ3n) is 6.14. The molecule has 156 valence electrons. The van der Waals surface area contributed by atoms with Crippen LogP contribution in [0.25, 0.3) is 0 Å². The lowest BCUT2D eigenvalue weighted by molar-refractivity contribution is 0.0156. The van der Waals surface area contributed by atoms with E-state index in [0.717, 1.165) is 44.5 Å². The third kappa shape index (κ3) is 4.99. The number of allylic oxidation sites excluding steroid dienone is 4. The Morgan fingerprint density at radius 2 is 1.93 bits per heavy atom. The van der Waals surface area contributed by atoms with Crippen LogP contribution in [0.4, 0.5) is 4.79 Å². The topological polar surface area (TPSA) is 58.8 Å². The number of hydrazine groups is 1. The summed E-state index contributed by atoms with van der Waals surface area (Å²) in [7, 11) is 0. The Morgan fingerprint density at radius 3 is 2.50 bits per heavy atom. The molecule has 1 unspecified atom stereocenters. The molecule has 2 N–H and O–H groups in total. The van der Waals surface area contributed by atoms with Crippen molar-refractivity contribution in [2.24, 2.45) is 17.2 Å². The highest BCUT2D eigenvalue weighted by atomic mass is 16.6. The summed E-state index contributed by atoms with van der Waals surface area (Å²) in [5.74, 6) is 7.05. The molecule has 3 rings (SSSR count). The van der Waals surface area contributed by atoms with Gasteiger partial charge in [0, 0.05) is 13.1 Å². The zero-order chi connectivity index (χ0) is 20.5. The molecule has 0 aromatic rings. The van der Waals surface area contributed by atoms with Gasteiger partial charge in [0.2, 0.25) is 0 Å². The number of piperidine rings is 1. The number of rotatable bonds is 2. The van der Waals surface area contributed by atoms with Gasteiger partial charge in [0.1, 0.15) is 5.60 Å². The van der Waals surface area contributed by atoms with Crippen molar-refractivity contribution in [3.8, 4) is 0 Å². The first-order valence-corrected chi connectivity index (χ1v) is 10.7. The van der Waals surface area contributed by atoms with Crippen molar-refractivity contribution in [1.29, 1.82) is 0 Å². The molecule has 28 heavy (non-hydrogen) atoms. The van der Waals surface area contributed by atoms with Crippen LogP contribution in [0.2, 0.25) is 0 Å². The number of hydrogen-bond donors (Lipinski definition) is 1. The number of ether oxygens (including phenoxy) is 1. The molecule has 0 radical (unpaired) electrons. The molecular formula is C23H37N3O2. The summed E-state index contributed by atoms with van der Waals surface area (Å²) < 4.78 is 5.51. The molecule has 1 atom stereocenters. The SMILES string of the molecule is CC1(C)CC=C(C2=CC=CC(C3CCN(C(=O)OC(C)(C)C)CC3)N2N)CC1. The molecule has 0 aromatic carbocycles. The molecule has 0 saturated carbocycles. The maximum atomic E-state index is 12.3. The van der Waals surface area contributed by atoms with Crippen LogP contribution in [0.3, 0.4) is 0 Å². The lowest BCUT2D eigenvalue weighted by atomic mass is 9.77. The standard InChI is InChI=1S/C23H37N3O2/c1-22(2,3)28-21(27)25-15-11-18(12-16-25)20-8-6-7-19(26(20)24)17-9-13-23(4,5)14-10-17/h6-9,18,20H,10-16,24H2,1-5H3. The first-order valence-electron chi connectivity index (χ1n) is 10.7. The number of carbonyl (C=O) groups is 1. The van der Waals surface area contributed by atoms with E-state index in [1.165, 1.54) is 12.0 Å². The largest absolute Gasteiger partial charge is 0.444 e. The second kappa shape index (κ2) is 7.94. The van der Waals surface area contributed by atoms with Gasteiger partial charge in [-0.25, -0.2) is 10.6 Å². The van der Waals surface area contributed by atoms with Crippen LogP contribution in [0.15, 0.2) is 35.6 Å². The summed E-state index contributed by atoms with van der Waals surface area (Å²) in [5.41, 5.74) is 2.48. The summed E-state index contributed by atoms with van der Waals surface area (Å²) in [5, 5.41) is 1.97. The van der Waals surface area contributed by atoms with Gasteiger partial charge in [0.15, 0.2) is 0 Å². The van der Waals surface area contributed by atoms with Crippen molar-refractivity contribution in [3.05, 3.63) is 35.6 Å². The predicted molar refractivity (Wildman–Crippen MR) is 113 cm³/mol. The lowest BCUT2D eigenvalue weighted by Gasteiger charge is -2.42. The highest BCUT2D eigenvalue weighted by Crippen LogP contribution is 2.39. The quantitative estimate of drug-likeness (QED) is 0.694. The van der Waals surface area contributed by atoms with Crippen molar-refractivity contribution in [1.82, 2.24) is 9.91 Å². The van der Waals surface area contributed by atoms with Crippen molar-refractivity contribution in [2.45, 2.75) is 78.4 Å². The number of nitrogens with two attached hydrogens (primary N) is 1. The van der Waals surface area contributed by atoms with E-state index in [1.807, 2.05) is 30.7 Å². The molecule has 1 aliphatic carbocycles. The van der Waals surface area contributed by atoms with Crippen molar-refractivity contribution in [3.63, 3.8) is 0 Å². The monoisotopic (exact) mass is 387 g/mol. The van der Waals surface area contributed by atoms with Crippen LogP contribution < -0.4 is 5.84 Å². The fourth-order valence-corrected chi connectivity index (χ4v) is 4.32. The molecule has 5 nitrogen and oxygen atoms in total. The average molecular weight is 388 g/mol. The smallest absolute Gasteiger partial charge is 0.410 e. The zero-order valence-corrected chi connectivity index (χ0v) is 18.2. The maximum Gasteiger partial charge on any atom is 0.410 e. The third-order valence-corrected chi connectivity index (χ3v) is 6.14. The number of likely N-dealkylation sites (tertiary alicyclic amines) is 1. The van der Waals surface area contributed by atoms with Crippen LogP contribution in [-0.4, -0.2) is 40.7 Å². The zero-order valence-electron chi connectivity index (χ0n) is 18.2. The fourth-order valence-electron chi connectivity index (χ4n) is 4.32. The molecule has 0 spiro atoms. The Bertz CT molecular complexity index is 676. The first-order chi connectivity index (χ1) is 13.1. The van der Waals surface area contributed by atoms with Crippen LogP contribution in [0.1, 0.15) is 66.7 Å². The molecule has 1 saturated heterocycles. The predicted octanol–water partition coefficient (Wildman–Crippen LogP) is 4.77. The van der Waals surface area contributed by atoms with Gasteiger partial charge < -0.3 is 14.6 Å². The number of carbonyl (C=O) groups excluding carboxylic acids is 1. The van der Waals surface area contributed by atoms with E-state index in [0.29, 0.717) is 11.3 Å². The highest BCUT2D eigenvalue weighted by Gasteiger charge is 2.34. The second-order valence-corrected chi connectivity index (χ2v) is 10.2. The van der Waals surface area contributed by atoms with Gasteiger partial charge in [0.25, 0.3) is 0 Å². The van der Waals surface area contributed by atoms with Gasteiger partial charge in [0.05, 0.1) is 11.7 Å². The summed E-state index contributed by atoms with van der Waals surface area (Å²) in [4.78, 5) is 14.1. The minimum atomic E-state index is -0.448. The molecule has 0 aromatic heterocycles. The molecule has 0 bridgehead atoms.